The van der Waals surface area contributed by atoms with Crippen LogP contribution in [0.3, 0.4) is 0 Å². The number of ether oxygens (including phenoxy) is 3. The van der Waals surface area contributed by atoms with Crippen LogP contribution >= 0.6 is 11.3 Å². The largest absolute Gasteiger partial charge is 0.457 e. The molecule has 2 saturated heterocycles. The van der Waals surface area contributed by atoms with Crippen LogP contribution in [0.5, 0.6) is 0 Å². The van der Waals surface area contributed by atoms with Crippen LogP contribution in [-0.2, 0) is 33.4 Å². The Kier molecular flexibility index (Phi) is 8.99. The van der Waals surface area contributed by atoms with Gasteiger partial charge < -0.3 is 34.6 Å². The molecule has 2 aliphatic heterocycles. The van der Waals surface area contributed by atoms with Crippen molar-refractivity contribution >= 4 is 52.2 Å². The molecule has 0 saturated carbocycles. The van der Waals surface area contributed by atoms with Gasteiger partial charge in [-0.15, -0.1) is 11.3 Å². The Morgan fingerprint density at radius 3 is 2.46 bits per heavy atom. The van der Waals surface area contributed by atoms with E-state index in [-0.39, 0.29) is 29.7 Å². The molecule has 2 atom stereocenters. The highest BCUT2D eigenvalue weighted by Crippen LogP contribution is 2.19. The van der Waals surface area contributed by atoms with E-state index in [0.29, 0.717) is 6.54 Å². The maximum absolute atomic E-state index is 13.2. The number of amides is 4. The van der Waals surface area contributed by atoms with Crippen molar-refractivity contribution in [2.45, 2.75) is 64.8 Å². The van der Waals surface area contributed by atoms with Crippen LogP contribution in [0.1, 0.15) is 47.2 Å². The zero-order chi connectivity index (χ0) is 29.0. The van der Waals surface area contributed by atoms with Crippen LogP contribution in [0.4, 0.5) is 14.7 Å². The highest BCUT2D eigenvalue weighted by molar-refractivity contribution is 7.14. The van der Waals surface area contributed by atoms with E-state index in [0.717, 1.165) is 11.3 Å². The Bertz CT molecular complexity index is 1150. The van der Waals surface area contributed by atoms with Crippen molar-refractivity contribution in [3.63, 3.8) is 0 Å². The third-order valence-corrected chi connectivity index (χ3v) is 5.65. The Labute approximate surface area is 228 Å². The number of oxime groups is 1. The molecule has 0 aliphatic carbocycles. The fourth-order valence-electron chi connectivity index (χ4n) is 3.35. The molecule has 1 aromatic rings. The van der Waals surface area contributed by atoms with E-state index >= 15 is 0 Å². The number of hydrogen-bond acceptors (Lipinski definition) is 12. The van der Waals surface area contributed by atoms with Gasteiger partial charge in [0.1, 0.15) is 29.5 Å². The van der Waals surface area contributed by atoms with E-state index in [1.165, 1.54) is 10.3 Å². The quantitative estimate of drug-likeness (QED) is 0.127. The number of hydrogen-bond donors (Lipinski definition) is 3. The normalized spacial score (nSPS) is 19.4. The molecule has 4 amide bonds. The minimum absolute atomic E-state index is 0.00662. The van der Waals surface area contributed by atoms with Gasteiger partial charge in [-0.1, -0.05) is 5.16 Å². The Balaban J connectivity index is 1.73. The smallest absolute Gasteiger partial charge is 0.413 e. The van der Waals surface area contributed by atoms with Crippen molar-refractivity contribution in [3.05, 3.63) is 11.1 Å². The third kappa shape index (κ3) is 8.80. The van der Waals surface area contributed by atoms with Crippen molar-refractivity contribution in [1.82, 2.24) is 20.5 Å². The van der Waals surface area contributed by atoms with E-state index < -0.39 is 59.9 Å². The summed E-state index contributed by atoms with van der Waals surface area (Å²) in [6.07, 6.45) is -1.26. The van der Waals surface area contributed by atoms with E-state index in [4.69, 9.17) is 19.0 Å². The van der Waals surface area contributed by atoms with Gasteiger partial charge in [-0.2, -0.15) is 0 Å². The predicted molar refractivity (Wildman–Crippen MR) is 137 cm³/mol. The molecule has 0 unspecified atom stereocenters. The summed E-state index contributed by atoms with van der Waals surface area (Å²) >= 11 is 0.990. The number of β-lactam (4-membered cyclic amide) rings is 1. The molecule has 2 fully saturated rings. The van der Waals surface area contributed by atoms with Gasteiger partial charge in [-0.25, -0.2) is 19.4 Å². The summed E-state index contributed by atoms with van der Waals surface area (Å²) in [4.78, 5) is 71.9. The second-order valence-corrected chi connectivity index (χ2v) is 11.4. The molecule has 2 aliphatic rings. The van der Waals surface area contributed by atoms with E-state index in [1.54, 1.807) is 41.5 Å². The monoisotopic (exact) mass is 568 g/mol. The first kappa shape index (κ1) is 29.6. The summed E-state index contributed by atoms with van der Waals surface area (Å²) < 4.78 is 15.3. The number of esters is 1. The molecule has 0 radical (unpaired) electrons. The Morgan fingerprint density at radius 2 is 1.87 bits per heavy atom. The lowest BCUT2D eigenvalue weighted by Crippen LogP contribution is -2.72. The molecule has 0 spiro atoms. The summed E-state index contributed by atoms with van der Waals surface area (Å²) in [5.41, 5.74) is -1.84. The van der Waals surface area contributed by atoms with Gasteiger partial charge in [0.25, 0.3) is 5.91 Å². The molecule has 15 nitrogen and oxygen atoms in total. The number of cyclic esters (lactones) is 1. The molecule has 3 rings (SSSR count). The first-order valence-corrected chi connectivity index (χ1v) is 12.9. The molecule has 1 aromatic heterocycles. The average molecular weight is 569 g/mol. The number of rotatable bonds is 9. The van der Waals surface area contributed by atoms with Crippen molar-refractivity contribution in [3.8, 4) is 0 Å². The van der Waals surface area contributed by atoms with E-state index in [2.05, 4.69) is 26.1 Å². The van der Waals surface area contributed by atoms with Crippen molar-refractivity contribution in [2.24, 2.45) is 5.16 Å². The van der Waals surface area contributed by atoms with Crippen LogP contribution in [0.15, 0.2) is 10.5 Å². The van der Waals surface area contributed by atoms with Gasteiger partial charge >= 0.3 is 18.2 Å². The van der Waals surface area contributed by atoms with Gasteiger partial charge in [0, 0.05) is 11.9 Å². The molecule has 0 bridgehead atoms. The minimum atomic E-state index is -0.972. The van der Waals surface area contributed by atoms with Crippen LogP contribution in [0, 0.1) is 0 Å². The fourth-order valence-corrected chi connectivity index (χ4v) is 4.03. The Hall–Kier alpha value is -3.95. The van der Waals surface area contributed by atoms with Crippen LogP contribution in [0.25, 0.3) is 0 Å². The van der Waals surface area contributed by atoms with Crippen LogP contribution < -0.4 is 16.0 Å². The zero-order valence-electron chi connectivity index (χ0n) is 22.5. The number of aromatic nitrogens is 1. The number of nitrogens with zero attached hydrogens (tertiary/aromatic N) is 3. The number of nitrogens with one attached hydrogen (secondary N) is 3. The number of carbonyl (C=O) groups excluding carboxylic acids is 5. The summed E-state index contributed by atoms with van der Waals surface area (Å²) in [6.45, 7) is 10.3. The van der Waals surface area contributed by atoms with E-state index in [1.807, 2.05) is 0 Å². The maximum atomic E-state index is 13.2. The van der Waals surface area contributed by atoms with Crippen LogP contribution in [0.2, 0.25) is 0 Å². The van der Waals surface area contributed by atoms with Crippen molar-refractivity contribution in [1.29, 1.82) is 0 Å². The van der Waals surface area contributed by atoms with Gasteiger partial charge in [-0.3, -0.25) is 14.9 Å². The highest BCUT2D eigenvalue weighted by atomic mass is 32.1. The minimum Gasteiger partial charge on any atom is -0.457 e. The van der Waals surface area contributed by atoms with Crippen LogP contribution in [-0.4, -0.2) is 95.2 Å². The number of carbonyl (C=O) groups is 5. The molecule has 39 heavy (non-hydrogen) atoms. The molecule has 16 heteroatoms. The van der Waals surface area contributed by atoms with Crippen molar-refractivity contribution in [2.75, 3.05) is 31.6 Å². The third-order valence-electron chi connectivity index (χ3n) is 4.89. The second kappa shape index (κ2) is 11.8. The van der Waals surface area contributed by atoms with Crippen molar-refractivity contribution < 1.29 is 43.0 Å². The summed E-state index contributed by atoms with van der Waals surface area (Å²) in [6, 6.07) is -1.53. The SMILES string of the molecule is CC(C)(C)OC(=O)CO/N=C(\C(=O)N[C@@H]1C(=O)N[C@@H]1CN1CCOC1=O)c1csc(NC(=O)OC(C)(C)C)n1. The fraction of sp³-hybridized carbons (Fsp3) is 0.609. The predicted octanol–water partition coefficient (Wildman–Crippen LogP) is 0.988. The lowest BCUT2D eigenvalue weighted by atomic mass is 9.98. The molecular formula is C23H32N6O9S. The average Bonchev–Trinajstić information content (AvgIpc) is 3.41. The lowest BCUT2D eigenvalue weighted by Gasteiger charge is -2.38. The van der Waals surface area contributed by atoms with Gasteiger partial charge in [0.05, 0.1) is 12.6 Å². The van der Waals surface area contributed by atoms with Gasteiger partial charge in [0.15, 0.2) is 10.8 Å². The molecule has 3 heterocycles. The first-order chi connectivity index (χ1) is 18.1. The summed E-state index contributed by atoms with van der Waals surface area (Å²) in [5.74, 6) is -2.00. The Morgan fingerprint density at radius 1 is 1.18 bits per heavy atom. The highest BCUT2D eigenvalue weighted by Gasteiger charge is 2.43. The standard InChI is InChI=1S/C23H32N6O9S/c1-22(2,3)37-14(30)10-36-28-16(13-11-39-19(25-13)27-20(33)38-23(4,5)6)18(32)26-15-12(24-17(15)31)9-29-7-8-35-21(29)34/h11-12,15H,7-10H2,1-6H3,(H,24,31)(H,26,32)(H,25,27,33)/b28-16-/t12-,15+/m1/s1. The lowest BCUT2D eigenvalue weighted by molar-refractivity contribution is -0.160. The van der Waals surface area contributed by atoms with Gasteiger partial charge in [-0.05, 0) is 41.5 Å². The molecule has 3 N–H and O–H groups in total. The second-order valence-electron chi connectivity index (χ2n) is 10.6. The number of thiazole rings is 1. The summed E-state index contributed by atoms with van der Waals surface area (Å²) in [7, 11) is 0. The maximum Gasteiger partial charge on any atom is 0.413 e. The van der Waals surface area contributed by atoms with Gasteiger partial charge in [0.2, 0.25) is 12.5 Å². The summed E-state index contributed by atoms with van der Waals surface area (Å²) in [5, 5.41) is 13.0. The molecular weight excluding hydrogens is 536 g/mol. The van der Waals surface area contributed by atoms with E-state index in [9.17, 15) is 24.0 Å². The molecule has 0 aromatic carbocycles. The molecule has 214 valence electrons. The zero-order valence-corrected chi connectivity index (χ0v) is 23.3. The number of anilines is 1. The first-order valence-electron chi connectivity index (χ1n) is 12.0. The topological polar surface area (TPSA) is 187 Å².